The second-order valence-corrected chi connectivity index (χ2v) is 6.49. The van der Waals surface area contributed by atoms with Gasteiger partial charge in [0.25, 0.3) is 0 Å². The van der Waals surface area contributed by atoms with E-state index in [1.54, 1.807) is 23.5 Å². The zero-order valence-corrected chi connectivity index (χ0v) is 12.8. The van der Waals surface area contributed by atoms with Crippen LogP contribution in [0.2, 0.25) is 0 Å². The highest BCUT2D eigenvalue weighted by Crippen LogP contribution is 2.28. The van der Waals surface area contributed by atoms with Crippen LogP contribution < -0.4 is 5.32 Å². The second kappa shape index (κ2) is 5.36. The molecule has 18 heavy (non-hydrogen) atoms. The molecule has 2 rings (SSSR count). The van der Waals surface area contributed by atoms with Crippen LogP contribution in [-0.4, -0.2) is 4.98 Å². The minimum absolute atomic E-state index is 0.0150. The van der Waals surface area contributed by atoms with Crippen molar-refractivity contribution in [3.05, 3.63) is 44.1 Å². The number of aromatic nitrogens is 1. The summed E-state index contributed by atoms with van der Waals surface area (Å²) in [6, 6.07) is 4.85. The van der Waals surface area contributed by atoms with Gasteiger partial charge >= 0.3 is 0 Å². The third kappa shape index (κ3) is 2.90. The van der Waals surface area contributed by atoms with E-state index in [-0.39, 0.29) is 11.9 Å². The van der Waals surface area contributed by atoms with E-state index >= 15 is 0 Å². The number of aryl methyl sites for hydroxylation is 2. The van der Waals surface area contributed by atoms with E-state index in [1.165, 1.54) is 10.9 Å². The molecule has 1 aromatic carbocycles. The lowest BCUT2D eigenvalue weighted by atomic mass is 10.2. The summed E-state index contributed by atoms with van der Waals surface area (Å²) in [6.45, 7) is 6.00. The van der Waals surface area contributed by atoms with E-state index < -0.39 is 0 Å². The summed E-state index contributed by atoms with van der Waals surface area (Å²) >= 11 is 5.00. The number of halogens is 2. The lowest BCUT2D eigenvalue weighted by molar-refractivity contribution is 0.626. The molecule has 0 radical (unpaired) electrons. The molecule has 5 heteroatoms. The molecule has 2 aromatic rings. The number of rotatable bonds is 3. The van der Waals surface area contributed by atoms with Gasteiger partial charge in [0.15, 0.2) is 0 Å². The van der Waals surface area contributed by atoms with Crippen LogP contribution in [0.25, 0.3) is 0 Å². The maximum absolute atomic E-state index is 13.7. The number of anilines is 1. The molecule has 0 aliphatic carbocycles. The van der Waals surface area contributed by atoms with Crippen molar-refractivity contribution in [2.45, 2.75) is 26.8 Å². The summed E-state index contributed by atoms with van der Waals surface area (Å²) in [5.41, 5.74) is 1.47. The Kier molecular flexibility index (Phi) is 4.02. The van der Waals surface area contributed by atoms with Crippen molar-refractivity contribution in [1.29, 1.82) is 0 Å². The van der Waals surface area contributed by atoms with E-state index in [0.717, 1.165) is 15.2 Å². The molecule has 0 amide bonds. The van der Waals surface area contributed by atoms with Gasteiger partial charge in [-0.2, -0.15) is 0 Å². The molecule has 0 saturated heterocycles. The predicted octanol–water partition coefficient (Wildman–Crippen LogP) is 4.83. The molecule has 0 bridgehead atoms. The standard InChI is InChI=1S/C13H14BrFN2S/c1-7(13-8(2)18-9(3)17-13)16-12-6-10(14)4-5-11(12)15/h4-7,16H,1-3H3. The average molecular weight is 329 g/mol. The molecular formula is C13H14BrFN2S. The Labute approximate surface area is 118 Å². The van der Waals surface area contributed by atoms with Gasteiger partial charge in [0, 0.05) is 9.35 Å². The maximum atomic E-state index is 13.7. The molecule has 2 nitrogen and oxygen atoms in total. The van der Waals surface area contributed by atoms with Crippen molar-refractivity contribution >= 4 is 33.0 Å². The Morgan fingerprint density at radius 1 is 1.39 bits per heavy atom. The van der Waals surface area contributed by atoms with Crippen LogP contribution in [0.5, 0.6) is 0 Å². The van der Waals surface area contributed by atoms with Crippen molar-refractivity contribution < 1.29 is 4.39 Å². The van der Waals surface area contributed by atoms with Gasteiger partial charge in [-0.25, -0.2) is 9.37 Å². The summed E-state index contributed by atoms with van der Waals surface area (Å²) in [6.07, 6.45) is 0. The minimum atomic E-state index is -0.255. The molecule has 1 N–H and O–H groups in total. The largest absolute Gasteiger partial charge is 0.375 e. The lowest BCUT2D eigenvalue weighted by Crippen LogP contribution is -2.09. The van der Waals surface area contributed by atoms with Crippen molar-refractivity contribution in [1.82, 2.24) is 4.98 Å². The molecule has 0 aliphatic heterocycles. The van der Waals surface area contributed by atoms with Gasteiger partial charge in [-0.05, 0) is 39.0 Å². The normalized spacial score (nSPS) is 12.5. The van der Waals surface area contributed by atoms with Gasteiger partial charge in [0.2, 0.25) is 0 Å². The van der Waals surface area contributed by atoms with Crippen LogP contribution in [0.15, 0.2) is 22.7 Å². The van der Waals surface area contributed by atoms with Crippen LogP contribution in [0, 0.1) is 19.7 Å². The first-order valence-electron chi connectivity index (χ1n) is 5.63. The molecule has 0 aliphatic rings. The molecule has 0 saturated carbocycles. The minimum Gasteiger partial charge on any atom is -0.375 e. The van der Waals surface area contributed by atoms with E-state index in [4.69, 9.17) is 0 Å². The highest BCUT2D eigenvalue weighted by molar-refractivity contribution is 9.10. The first-order chi connectivity index (χ1) is 8.47. The first kappa shape index (κ1) is 13.5. The molecule has 0 spiro atoms. The van der Waals surface area contributed by atoms with E-state index in [2.05, 4.69) is 26.2 Å². The van der Waals surface area contributed by atoms with Gasteiger partial charge < -0.3 is 5.32 Å². The Morgan fingerprint density at radius 3 is 2.72 bits per heavy atom. The summed E-state index contributed by atoms with van der Waals surface area (Å²) in [7, 11) is 0. The van der Waals surface area contributed by atoms with Crippen LogP contribution in [0.3, 0.4) is 0 Å². The first-order valence-corrected chi connectivity index (χ1v) is 7.24. The van der Waals surface area contributed by atoms with E-state index in [9.17, 15) is 4.39 Å². The van der Waals surface area contributed by atoms with Crippen molar-refractivity contribution in [2.75, 3.05) is 5.32 Å². The zero-order valence-electron chi connectivity index (χ0n) is 10.4. The quantitative estimate of drug-likeness (QED) is 0.872. The lowest BCUT2D eigenvalue weighted by Gasteiger charge is -2.15. The summed E-state index contributed by atoms with van der Waals surface area (Å²) in [5.74, 6) is -0.255. The average Bonchev–Trinajstić information content (AvgIpc) is 2.63. The second-order valence-electron chi connectivity index (χ2n) is 4.16. The molecule has 1 atom stereocenters. The van der Waals surface area contributed by atoms with Crippen LogP contribution in [0.4, 0.5) is 10.1 Å². The topological polar surface area (TPSA) is 24.9 Å². The third-order valence-corrected chi connectivity index (χ3v) is 4.05. The molecule has 1 unspecified atom stereocenters. The van der Waals surface area contributed by atoms with Crippen LogP contribution in [-0.2, 0) is 0 Å². The number of thiazole rings is 1. The SMILES string of the molecule is Cc1nc(C(C)Nc2cc(Br)ccc2F)c(C)s1. The fraction of sp³-hybridized carbons (Fsp3) is 0.308. The van der Waals surface area contributed by atoms with Crippen LogP contribution >= 0.6 is 27.3 Å². The summed E-state index contributed by atoms with van der Waals surface area (Å²) < 4.78 is 14.5. The monoisotopic (exact) mass is 328 g/mol. The van der Waals surface area contributed by atoms with Crippen molar-refractivity contribution in [3.63, 3.8) is 0 Å². The number of hydrogen-bond acceptors (Lipinski definition) is 3. The molecular weight excluding hydrogens is 315 g/mol. The highest BCUT2D eigenvalue weighted by Gasteiger charge is 2.14. The number of nitrogens with zero attached hydrogens (tertiary/aromatic N) is 1. The number of hydrogen-bond donors (Lipinski definition) is 1. The van der Waals surface area contributed by atoms with Gasteiger partial charge in [-0.1, -0.05) is 15.9 Å². The third-order valence-electron chi connectivity index (χ3n) is 2.65. The molecule has 96 valence electrons. The molecule has 0 fully saturated rings. The Hall–Kier alpha value is -0.940. The van der Waals surface area contributed by atoms with E-state index in [1.807, 2.05) is 20.8 Å². The predicted molar refractivity (Wildman–Crippen MR) is 77.7 cm³/mol. The molecule has 1 heterocycles. The van der Waals surface area contributed by atoms with Crippen molar-refractivity contribution in [2.24, 2.45) is 0 Å². The van der Waals surface area contributed by atoms with Crippen molar-refractivity contribution in [3.8, 4) is 0 Å². The van der Waals surface area contributed by atoms with Gasteiger partial charge in [0.1, 0.15) is 5.82 Å². The summed E-state index contributed by atoms with van der Waals surface area (Å²) in [4.78, 5) is 5.65. The maximum Gasteiger partial charge on any atom is 0.146 e. The number of benzene rings is 1. The summed E-state index contributed by atoms with van der Waals surface area (Å²) in [5, 5.41) is 4.19. The number of nitrogens with one attached hydrogen (secondary N) is 1. The fourth-order valence-corrected chi connectivity index (χ4v) is 3.13. The van der Waals surface area contributed by atoms with E-state index in [0.29, 0.717) is 5.69 Å². The van der Waals surface area contributed by atoms with Gasteiger partial charge in [0.05, 0.1) is 22.4 Å². The van der Waals surface area contributed by atoms with Gasteiger partial charge in [-0.15, -0.1) is 11.3 Å². The smallest absolute Gasteiger partial charge is 0.146 e. The zero-order chi connectivity index (χ0) is 13.3. The Morgan fingerprint density at radius 2 is 2.11 bits per heavy atom. The van der Waals surface area contributed by atoms with Gasteiger partial charge in [-0.3, -0.25) is 0 Å². The Balaban J connectivity index is 2.23. The van der Waals surface area contributed by atoms with Crippen LogP contribution in [0.1, 0.15) is 28.5 Å². The fourth-order valence-electron chi connectivity index (χ4n) is 1.86. The molecule has 1 aromatic heterocycles. The highest BCUT2D eigenvalue weighted by atomic mass is 79.9. The Bertz CT molecular complexity index is 568.